The fourth-order valence-electron chi connectivity index (χ4n) is 1.16. The molecule has 4 heteroatoms. The Morgan fingerprint density at radius 2 is 2.17 bits per heavy atom. The van der Waals surface area contributed by atoms with Crippen molar-refractivity contribution >= 4 is 17.7 Å². The average molecular weight is 188 g/mol. The molecule has 1 rings (SSSR count). The lowest BCUT2D eigenvalue weighted by Crippen LogP contribution is -2.42. The van der Waals surface area contributed by atoms with Crippen LogP contribution in [0.15, 0.2) is 0 Å². The molecule has 0 saturated carbocycles. The van der Waals surface area contributed by atoms with Crippen molar-refractivity contribution in [2.75, 3.05) is 37.7 Å². The molecule has 1 heterocycles. The highest BCUT2D eigenvalue weighted by atomic mass is 32.2. The van der Waals surface area contributed by atoms with Gasteiger partial charge in [0.1, 0.15) is 0 Å². The van der Waals surface area contributed by atoms with Gasteiger partial charge in [0.25, 0.3) is 0 Å². The summed E-state index contributed by atoms with van der Waals surface area (Å²) in [7, 11) is 0. The molecule has 0 aromatic rings. The van der Waals surface area contributed by atoms with Gasteiger partial charge in [0.05, 0.1) is 6.54 Å². The van der Waals surface area contributed by atoms with Crippen molar-refractivity contribution in [2.24, 2.45) is 0 Å². The van der Waals surface area contributed by atoms with Gasteiger partial charge in [-0.1, -0.05) is 6.92 Å². The van der Waals surface area contributed by atoms with Gasteiger partial charge in [0.2, 0.25) is 5.91 Å². The molecule has 0 bridgehead atoms. The SMILES string of the molecule is CCNCC(=O)N1CCSCC1. The van der Waals surface area contributed by atoms with Gasteiger partial charge in [0.15, 0.2) is 0 Å². The van der Waals surface area contributed by atoms with Gasteiger partial charge < -0.3 is 10.2 Å². The van der Waals surface area contributed by atoms with E-state index in [4.69, 9.17) is 0 Å². The van der Waals surface area contributed by atoms with Crippen LogP contribution in [-0.2, 0) is 4.79 Å². The molecule has 0 aromatic carbocycles. The highest BCUT2D eigenvalue weighted by molar-refractivity contribution is 7.99. The van der Waals surface area contributed by atoms with E-state index in [2.05, 4.69) is 5.32 Å². The third-order valence-corrected chi connectivity index (χ3v) is 2.83. The molecule has 0 unspecified atom stereocenters. The third-order valence-electron chi connectivity index (χ3n) is 1.89. The normalized spacial score (nSPS) is 17.9. The lowest BCUT2D eigenvalue weighted by molar-refractivity contribution is -0.129. The first kappa shape index (κ1) is 9.86. The van der Waals surface area contributed by atoms with Gasteiger partial charge in [-0.3, -0.25) is 4.79 Å². The van der Waals surface area contributed by atoms with Crippen LogP contribution in [-0.4, -0.2) is 48.5 Å². The highest BCUT2D eigenvalue weighted by Gasteiger charge is 2.15. The molecule has 1 N–H and O–H groups in total. The molecule has 0 atom stereocenters. The first-order chi connectivity index (χ1) is 5.84. The maximum Gasteiger partial charge on any atom is 0.236 e. The summed E-state index contributed by atoms with van der Waals surface area (Å²) < 4.78 is 0. The van der Waals surface area contributed by atoms with Crippen LogP contribution in [0.3, 0.4) is 0 Å². The summed E-state index contributed by atoms with van der Waals surface area (Å²) in [5, 5.41) is 3.05. The van der Waals surface area contributed by atoms with Crippen molar-refractivity contribution in [2.45, 2.75) is 6.92 Å². The van der Waals surface area contributed by atoms with E-state index in [0.717, 1.165) is 31.1 Å². The standard InChI is InChI=1S/C8H16N2OS/c1-2-9-7-8(11)10-3-5-12-6-4-10/h9H,2-7H2,1H3. The number of rotatable bonds is 3. The van der Waals surface area contributed by atoms with Crippen molar-refractivity contribution in [3.8, 4) is 0 Å². The number of nitrogens with one attached hydrogen (secondary N) is 1. The molecule has 0 radical (unpaired) electrons. The van der Waals surface area contributed by atoms with Gasteiger partial charge in [-0.15, -0.1) is 0 Å². The van der Waals surface area contributed by atoms with E-state index in [9.17, 15) is 4.79 Å². The molecule has 3 nitrogen and oxygen atoms in total. The first-order valence-corrected chi connectivity index (χ1v) is 5.56. The quantitative estimate of drug-likeness (QED) is 0.685. The van der Waals surface area contributed by atoms with Crippen molar-refractivity contribution in [3.63, 3.8) is 0 Å². The van der Waals surface area contributed by atoms with Gasteiger partial charge in [-0.05, 0) is 6.54 Å². The molecule has 1 fully saturated rings. The molecular formula is C8H16N2OS. The number of hydrogen-bond donors (Lipinski definition) is 1. The van der Waals surface area contributed by atoms with Gasteiger partial charge in [-0.2, -0.15) is 11.8 Å². The van der Waals surface area contributed by atoms with Crippen molar-refractivity contribution < 1.29 is 4.79 Å². The first-order valence-electron chi connectivity index (χ1n) is 4.41. The van der Waals surface area contributed by atoms with Crippen LogP contribution in [0.2, 0.25) is 0 Å². The molecule has 0 aromatic heterocycles. The molecular weight excluding hydrogens is 172 g/mol. The summed E-state index contributed by atoms with van der Waals surface area (Å²) in [4.78, 5) is 13.4. The summed E-state index contributed by atoms with van der Waals surface area (Å²) in [6.07, 6.45) is 0. The molecule has 1 aliphatic rings. The van der Waals surface area contributed by atoms with Crippen molar-refractivity contribution in [1.82, 2.24) is 10.2 Å². The number of thioether (sulfide) groups is 1. The summed E-state index contributed by atoms with van der Waals surface area (Å²) in [6, 6.07) is 0. The fraction of sp³-hybridized carbons (Fsp3) is 0.875. The molecule has 12 heavy (non-hydrogen) atoms. The van der Waals surface area contributed by atoms with E-state index in [1.165, 1.54) is 0 Å². The number of nitrogens with zero attached hydrogens (tertiary/aromatic N) is 1. The summed E-state index contributed by atoms with van der Waals surface area (Å²) in [5.74, 6) is 2.44. The van der Waals surface area contributed by atoms with Crippen LogP contribution in [0.5, 0.6) is 0 Å². The van der Waals surface area contributed by atoms with Gasteiger partial charge in [0, 0.05) is 24.6 Å². The summed E-state index contributed by atoms with van der Waals surface area (Å²) >= 11 is 1.93. The zero-order chi connectivity index (χ0) is 8.81. The zero-order valence-corrected chi connectivity index (χ0v) is 8.32. The van der Waals surface area contributed by atoms with Crippen LogP contribution < -0.4 is 5.32 Å². The van der Waals surface area contributed by atoms with Crippen LogP contribution in [0.25, 0.3) is 0 Å². The number of hydrogen-bond acceptors (Lipinski definition) is 3. The Morgan fingerprint density at radius 1 is 1.50 bits per heavy atom. The highest BCUT2D eigenvalue weighted by Crippen LogP contribution is 2.08. The lowest BCUT2D eigenvalue weighted by atomic mass is 10.4. The minimum absolute atomic E-state index is 0.247. The predicted octanol–water partition coefficient (Wildman–Crippen LogP) is 0.171. The molecule has 1 saturated heterocycles. The summed E-state index contributed by atoms with van der Waals surface area (Å²) in [5.41, 5.74) is 0. The zero-order valence-electron chi connectivity index (χ0n) is 7.51. The number of carbonyl (C=O) groups excluding carboxylic acids is 1. The Kier molecular flexibility index (Phi) is 4.46. The number of carbonyl (C=O) groups is 1. The second-order valence-corrected chi connectivity index (χ2v) is 4.00. The Bertz CT molecular complexity index is 146. The molecule has 0 aliphatic carbocycles. The maximum atomic E-state index is 11.4. The van der Waals surface area contributed by atoms with Crippen LogP contribution >= 0.6 is 11.8 Å². The van der Waals surface area contributed by atoms with Crippen molar-refractivity contribution in [1.29, 1.82) is 0 Å². The topological polar surface area (TPSA) is 32.3 Å². The number of likely N-dealkylation sites (N-methyl/N-ethyl adjacent to an activating group) is 1. The average Bonchev–Trinajstić information content (AvgIpc) is 2.15. The van der Waals surface area contributed by atoms with Gasteiger partial charge >= 0.3 is 0 Å². The Labute approximate surface area is 77.9 Å². The van der Waals surface area contributed by atoms with E-state index < -0.39 is 0 Å². The largest absolute Gasteiger partial charge is 0.340 e. The second kappa shape index (κ2) is 5.43. The van der Waals surface area contributed by atoms with E-state index in [1.807, 2.05) is 23.6 Å². The van der Waals surface area contributed by atoms with E-state index in [1.54, 1.807) is 0 Å². The van der Waals surface area contributed by atoms with Crippen LogP contribution in [0, 0.1) is 0 Å². The minimum Gasteiger partial charge on any atom is -0.340 e. The van der Waals surface area contributed by atoms with Crippen LogP contribution in [0.1, 0.15) is 6.92 Å². The Morgan fingerprint density at radius 3 is 2.75 bits per heavy atom. The van der Waals surface area contributed by atoms with Crippen LogP contribution in [0.4, 0.5) is 0 Å². The fourth-order valence-corrected chi connectivity index (χ4v) is 2.06. The van der Waals surface area contributed by atoms with Crippen molar-refractivity contribution in [3.05, 3.63) is 0 Å². The minimum atomic E-state index is 0.247. The molecule has 1 aliphatic heterocycles. The van der Waals surface area contributed by atoms with E-state index >= 15 is 0 Å². The smallest absolute Gasteiger partial charge is 0.236 e. The predicted molar refractivity (Wildman–Crippen MR) is 52.4 cm³/mol. The molecule has 0 spiro atoms. The Hall–Kier alpha value is -0.220. The number of amides is 1. The third kappa shape index (κ3) is 3.03. The maximum absolute atomic E-state index is 11.4. The summed E-state index contributed by atoms with van der Waals surface area (Å²) in [6.45, 7) is 5.23. The monoisotopic (exact) mass is 188 g/mol. The Balaban J connectivity index is 2.20. The van der Waals surface area contributed by atoms with Gasteiger partial charge in [-0.25, -0.2) is 0 Å². The van der Waals surface area contributed by atoms with E-state index in [0.29, 0.717) is 6.54 Å². The second-order valence-electron chi connectivity index (χ2n) is 2.77. The lowest BCUT2D eigenvalue weighted by Gasteiger charge is -2.26. The van der Waals surface area contributed by atoms with E-state index in [-0.39, 0.29) is 5.91 Å². The molecule has 70 valence electrons. The molecule has 1 amide bonds.